The largest absolute Gasteiger partial charge is 0.495 e. The average molecular weight is 409 g/mol. The number of carbonyl (C=O) groups excluding carboxylic acids is 1. The number of anilines is 1. The second-order valence-electron chi connectivity index (χ2n) is 7.16. The molecular weight excluding hydrogens is 385 g/mol. The lowest BCUT2D eigenvalue weighted by molar-refractivity contribution is -0.131. The van der Waals surface area contributed by atoms with Crippen molar-refractivity contribution in [2.45, 2.75) is 12.8 Å². The molecule has 0 bridgehead atoms. The molecule has 1 aliphatic heterocycles. The number of rotatable bonds is 6. The third kappa shape index (κ3) is 4.45. The van der Waals surface area contributed by atoms with Crippen LogP contribution in [0.3, 0.4) is 0 Å². The highest BCUT2D eigenvalue weighted by atomic mass is 19.1. The van der Waals surface area contributed by atoms with Crippen molar-refractivity contribution in [3.63, 3.8) is 0 Å². The molecule has 1 saturated heterocycles. The Morgan fingerprint density at radius 3 is 2.57 bits per heavy atom. The molecule has 0 spiro atoms. The highest BCUT2D eigenvalue weighted by molar-refractivity contribution is 5.76. The number of benzene rings is 2. The molecule has 0 radical (unpaired) electrons. The SMILES string of the molecule is COc1ccccc1N1CCN(C(=O)CCc2ncc(-c3ccc(F)cc3)o2)CC1. The van der Waals surface area contributed by atoms with E-state index in [1.165, 1.54) is 12.1 Å². The molecule has 4 rings (SSSR count). The third-order valence-electron chi connectivity index (χ3n) is 5.29. The fourth-order valence-corrected chi connectivity index (χ4v) is 3.63. The lowest BCUT2D eigenvalue weighted by Crippen LogP contribution is -2.48. The molecule has 1 aliphatic rings. The van der Waals surface area contributed by atoms with E-state index in [2.05, 4.69) is 9.88 Å². The number of para-hydroxylation sites is 2. The molecule has 7 heteroatoms. The smallest absolute Gasteiger partial charge is 0.223 e. The van der Waals surface area contributed by atoms with Crippen molar-refractivity contribution in [1.29, 1.82) is 0 Å². The summed E-state index contributed by atoms with van der Waals surface area (Å²) in [5.41, 5.74) is 1.81. The number of amides is 1. The molecule has 2 aromatic carbocycles. The van der Waals surface area contributed by atoms with Crippen LogP contribution >= 0.6 is 0 Å². The molecule has 0 saturated carbocycles. The monoisotopic (exact) mass is 409 g/mol. The van der Waals surface area contributed by atoms with Gasteiger partial charge >= 0.3 is 0 Å². The lowest BCUT2D eigenvalue weighted by Gasteiger charge is -2.36. The minimum Gasteiger partial charge on any atom is -0.495 e. The van der Waals surface area contributed by atoms with Crippen molar-refractivity contribution in [3.8, 4) is 17.1 Å². The standard InChI is InChI=1S/C23H24FN3O3/c1-29-20-5-3-2-4-19(20)26-12-14-27(15-13-26)23(28)11-10-22-25-16-21(30-22)17-6-8-18(24)9-7-17/h2-9,16H,10-15H2,1H3. The number of aryl methyl sites for hydroxylation is 1. The van der Waals surface area contributed by atoms with Gasteiger partial charge in [0.1, 0.15) is 11.6 Å². The minimum absolute atomic E-state index is 0.0937. The summed E-state index contributed by atoms with van der Waals surface area (Å²) in [7, 11) is 1.67. The first kappa shape index (κ1) is 19.9. The van der Waals surface area contributed by atoms with Crippen LogP contribution in [0, 0.1) is 5.82 Å². The number of aromatic nitrogens is 1. The van der Waals surface area contributed by atoms with Crippen LogP contribution in [0.2, 0.25) is 0 Å². The molecule has 6 nitrogen and oxygen atoms in total. The molecular formula is C23H24FN3O3. The summed E-state index contributed by atoms with van der Waals surface area (Å²) < 4.78 is 24.2. The summed E-state index contributed by atoms with van der Waals surface area (Å²) >= 11 is 0. The van der Waals surface area contributed by atoms with Gasteiger partial charge in [-0.2, -0.15) is 0 Å². The number of hydrogen-bond acceptors (Lipinski definition) is 5. The maximum atomic E-state index is 13.1. The Kier molecular flexibility index (Phi) is 5.97. The highest BCUT2D eigenvalue weighted by Gasteiger charge is 2.23. The topological polar surface area (TPSA) is 58.8 Å². The second-order valence-corrected chi connectivity index (χ2v) is 7.16. The molecule has 0 unspecified atom stereocenters. The van der Waals surface area contributed by atoms with E-state index in [4.69, 9.17) is 9.15 Å². The lowest BCUT2D eigenvalue weighted by atomic mass is 10.2. The summed E-state index contributed by atoms with van der Waals surface area (Å²) in [5.74, 6) is 1.72. The maximum Gasteiger partial charge on any atom is 0.223 e. The van der Waals surface area contributed by atoms with E-state index in [-0.39, 0.29) is 11.7 Å². The first-order valence-corrected chi connectivity index (χ1v) is 10.0. The molecule has 3 aromatic rings. The van der Waals surface area contributed by atoms with Gasteiger partial charge in [-0.25, -0.2) is 9.37 Å². The number of methoxy groups -OCH3 is 1. The first-order valence-electron chi connectivity index (χ1n) is 10.0. The Labute approximate surface area is 174 Å². The van der Waals surface area contributed by atoms with Crippen LogP contribution in [0.5, 0.6) is 5.75 Å². The van der Waals surface area contributed by atoms with Crippen LogP contribution in [0.4, 0.5) is 10.1 Å². The van der Waals surface area contributed by atoms with E-state index in [0.717, 1.165) is 30.1 Å². The Hall–Kier alpha value is -3.35. The van der Waals surface area contributed by atoms with Gasteiger partial charge in [0.25, 0.3) is 0 Å². The Morgan fingerprint density at radius 1 is 1.10 bits per heavy atom. The predicted molar refractivity (Wildman–Crippen MR) is 112 cm³/mol. The quantitative estimate of drug-likeness (QED) is 0.620. The Balaban J connectivity index is 1.29. The van der Waals surface area contributed by atoms with Gasteiger partial charge in [0.05, 0.1) is 19.0 Å². The van der Waals surface area contributed by atoms with Crippen LogP contribution in [-0.2, 0) is 11.2 Å². The van der Waals surface area contributed by atoms with E-state index >= 15 is 0 Å². The highest BCUT2D eigenvalue weighted by Crippen LogP contribution is 2.28. The van der Waals surface area contributed by atoms with E-state index in [1.54, 1.807) is 25.4 Å². The molecule has 0 N–H and O–H groups in total. The minimum atomic E-state index is -0.296. The summed E-state index contributed by atoms with van der Waals surface area (Å²) in [6.45, 7) is 2.87. The summed E-state index contributed by atoms with van der Waals surface area (Å²) in [6, 6.07) is 14.0. The fraction of sp³-hybridized carbons (Fsp3) is 0.304. The van der Waals surface area contributed by atoms with Crippen LogP contribution < -0.4 is 9.64 Å². The molecule has 0 aliphatic carbocycles. The number of oxazole rings is 1. The van der Waals surface area contributed by atoms with Gasteiger partial charge < -0.3 is 19.0 Å². The normalized spacial score (nSPS) is 14.1. The van der Waals surface area contributed by atoms with Crippen molar-refractivity contribution in [1.82, 2.24) is 9.88 Å². The Morgan fingerprint density at radius 2 is 1.83 bits per heavy atom. The summed E-state index contributed by atoms with van der Waals surface area (Å²) in [4.78, 5) is 21.0. The van der Waals surface area contributed by atoms with Gasteiger partial charge in [0, 0.05) is 44.6 Å². The van der Waals surface area contributed by atoms with Crippen molar-refractivity contribution >= 4 is 11.6 Å². The van der Waals surface area contributed by atoms with Crippen molar-refractivity contribution in [3.05, 3.63) is 66.4 Å². The van der Waals surface area contributed by atoms with Crippen LogP contribution in [0.15, 0.2) is 59.1 Å². The van der Waals surface area contributed by atoms with Crippen molar-refractivity contribution < 1.29 is 18.3 Å². The van der Waals surface area contributed by atoms with Crippen molar-refractivity contribution in [2.24, 2.45) is 0 Å². The van der Waals surface area contributed by atoms with E-state index in [9.17, 15) is 9.18 Å². The molecule has 1 amide bonds. The molecule has 30 heavy (non-hydrogen) atoms. The second kappa shape index (κ2) is 8.98. The predicted octanol–water partition coefficient (Wildman–Crippen LogP) is 3.77. The van der Waals surface area contributed by atoms with Crippen molar-refractivity contribution in [2.75, 3.05) is 38.2 Å². The zero-order valence-electron chi connectivity index (χ0n) is 16.9. The average Bonchev–Trinajstić information content (AvgIpc) is 3.27. The fourth-order valence-electron chi connectivity index (χ4n) is 3.63. The first-order chi connectivity index (χ1) is 14.6. The zero-order valence-corrected chi connectivity index (χ0v) is 16.9. The van der Waals surface area contributed by atoms with E-state index < -0.39 is 0 Å². The van der Waals surface area contributed by atoms with Gasteiger partial charge in [0.2, 0.25) is 5.91 Å². The van der Waals surface area contributed by atoms with E-state index in [0.29, 0.717) is 37.6 Å². The van der Waals surface area contributed by atoms with Crippen LogP contribution in [0.1, 0.15) is 12.3 Å². The maximum absolute atomic E-state index is 13.1. The number of nitrogens with zero attached hydrogens (tertiary/aromatic N) is 3. The number of hydrogen-bond donors (Lipinski definition) is 0. The van der Waals surface area contributed by atoms with Gasteiger partial charge in [-0.1, -0.05) is 12.1 Å². The number of halogens is 1. The van der Waals surface area contributed by atoms with Gasteiger partial charge in [0.15, 0.2) is 11.7 Å². The molecule has 1 fully saturated rings. The molecule has 1 aromatic heterocycles. The third-order valence-corrected chi connectivity index (χ3v) is 5.29. The molecule has 0 atom stereocenters. The van der Waals surface area contributed by atoms with Gasteiger partial charge in [-0.15, -0.1) is 0 Å². The molecule has 156 valence electrons. The van der Waals surface area contributed by atoms with Gasteiger partial charge in [-0.3, -0.25) is 4.79 Å². The Bertz CT molecular complexity index is 995. The summed E-state index contributed by atoms with van der Waals surface area (Å²) in [5, 5.41) is 0. The molecule has 2 heterocycles. The van der Waals surface area contributed by atoms with Crippen LogP contribution in [0.25, 0.3) is 11.3 Å². The number of piperazine rings is 1. The van der Waals surface area contributed by atoms with Crippen LogP contribution in [-0.4, -0.2) is 49.1 Å². The van der Waals surface area contributed by atoms with Gasteiger partial charge in [-0.05, 0) is 36.4 Å². The zero-order chi connectivity index (χ0) is 20.9. The summed E-state index contributed by atoms with van der Waals surface area (Å²) in [6.07, 6.45) is 2.39. The van der Waals surface area contributed by atoms with E-state index in [1.807, 2.05) is 29.2 Å². The number of carbonyl (C=O) groups is 1. The number of ether oxygens (including phenoxy) is 1.